The van der Waals surface area contributed by atoms with Crippen LogP contribution in [-0.2, 0) is 6.42 Å². The number of hydrogen-bond acceptors (Lipinski definition) is 1. The van der Waals surface area contributed by atoms with Crippen molar-refractivity contribution in [3.8, 4) is 0 Å². The molecule has 0 aromatic heterocycles. The van der Waals surface area contributed by atoms with Crippen molar-refractivity contribution in [3.63, 3.8) is 0 Å². The predicted octanol–water partition coefficient (Wildman–Crippen LogP) is 4.47. The van der Waals surface area contributed by atoms with Gasteiger partial charge in [0.05, 0.1) is 6.04 Å². The fourth-order valence-electron chi connectivity index (χ4n) is 2.61. The van der Waals surface area contributed by atoms with Gasteiger partial charge in [0.15, 0.2) is 0 Å². The molecule has 0 aliphatic carbocycles. The highest BCUT2D eigenvalue weighted by Gasteiger charge is 2.17. The van der Waals surface area contributed by atoms with E-state index in [1.165, 1.54) is 17.7 Å². The topological polar surface area (TPSA) is 12.0 Å². The molecule has 0 spiro atoms. The average molecular weight is 289 g/mol. The third kappa shape index (κ3) is 3.88. The van der Waals surface area contributed by atoms with Crippen LogP contribution in [0.1, 0.15) is 36.6 Å². The highest BCUT2D eigenvalue weighted by atomic mass is 19.1. The van der Waals surface area contributed by atoms with Gasteiger partial charge < -0.3 is 5.32 Å². The van der Waals surface area contributed by atoms with Crippen molar-refractivity contribution in [2.75, 3.05) is 7.05 Å². The Morgan fingerprint density at radius 3 is 2.48 bits per heavy atom. The maximum Gasteiger partial charge on any atom is 0.128 e. The molecular weight excluding hydrogens is 268 g/mol. The Labute approximate surface area is 125 Å². The fraction of sp³-hybridized carbons (Fsp3) is 0.333. The molecule has 0 aliphatic heterocycles. The smallest absolute Gasteiger partial charge is 0.128 e. The summed E-state index contributed by atoms with van der Waals surface area (Å²) in [6.07, 6.45) is 0.968. The molecule has 112 valence electrons. The number of benzene rings is 2. The van der Waals surface area contributed by atoms with Crippen molar-refractivity contribution in [1.29, 1.82) is 0 Å². The summed E-state index contributed by atoms with van der Waals surface area (Å²) in [5, 5.41) is 3.08. The molecule has 2 rings (SSSR count). The number of hydrogen-bond donors (Lipinski definition) is 1. The van der Waals surface area contributed by atoms with Crippen LogP contribution < -0.4 is 5.32 Å². The molecule has 0 heterocycles. The van der Waals surface area contributed by atoms with Crippen molar-refractivity contribution in [1.82, 2.24) is 5.32 Å². The second-order valence-corrected chi connectivity index (χ2v) is 5.73. The minimum absolute atomic E-state index is 0.333. The molecule has 1 atom stereocenters. The first-order valence-corrected chi connectivity index (χ1v) is 7.22. The van der Waals surface area contributed by atoms with Gasteiger partial charge in [0.2, 0.25) is 0 Å². The Hall–Kier alpha value is -1.74. The Kier molecular flexibility index (Phi) is 5.07. The van der Waals surface area contributed by atoms with Gasteiger partial charge in [-0.1, -0.05) is 38.1 Å². The van der Waals surface area contributed by atoms with Gasteiger partial charge in [-0.2, -0.15) is 0 Å². The van der Waals surface area contributed by atoms with E-state index >= 15 is 0 Å². The molecule has 1 N–H and O–H groups in total. The summed E-state index contributed by atoms with van der Waals surface area (Å²) in [4.78, 5) is 0. The summed E-state index contributed by atoms with van der Waals surface area (Å²) < 4.78 is 27.4. The van der Waals surface area contributed by atoms with Crippen LogP contribution in [0.2, 0.25) is 0 Å². The number of rotatable bonds is 5. The second kappa shape index (κ2) is 6.81. The molecule has 0 fully saturated rings. The SMILES string of the molecule is CNC(c1cccc(CC(C)C)c1)c1cc(F)ccc1F. The average Bonchev–Trinajstić information content (AvgIpc) is 2.43. The second-order valence-electron chi connectivity index (χ2n) is 5.73. The van der Waals surface area contributed by atoms with Crippen molar-refractivity contribution in [2.45, 2.75) is 26.3 Å². The summed E-state index contributed by atoms with van der Waals surface area (Å²) in [5.41, 5.74) is 2.49. The summed E-state index contributed by atoms with van der Waals surface area (Å²) >= 11 is 0. The standard InChI is InChI=1S/C18H21F2N/c1-12(2)9-13-5-4-6-14(10-13)18(21-3)16-11-15(19)7-8-17(16)20/h4-8,10-12,18,21H,9H2,1-3H3. The van der Waals surface area contributed by atoms with Crippen LogP contribution in [-0.4, -0.2) is 7.05 Å². The third-order valence-electron chi connectivity index (χ3n) is 3.49. The van der Waals surface area contributed by atoms with Crippen LogP contribution in [0.5, 0.6) is 0 Å². The molecule has 0 saturated carbocycles. The van der Waals surface area contributed by atoms with Crippen molar-refractivity contribution < 1.29 is 8.78 Å². The Morgan fingerprint density at radius 2 is 1.81 bits per heavy atom. The van der Waals surface area contributed by atoms with Gasteiger partial charge in [-0.3, -0.25) is 0 Å². The minimum Gasteiger partial charge on any atom is -0.309 e. The molecule has 0 amide bonds. The monoisotopic (exact) mass is 289 g/mol. The molecule has 1 nitrogen and oxygen atoms in total. The van der Waals surface area contributed by atoms with E-state index in [0.29, 0.717) is 11.5 Å². The van der Waals surface area contributed by atoms with E-state index in [2.05, 4.69) is 31.3 Å². The first kappa shape index (κ1) is 15.6. The number of halogens is 2. The van der Waals surface area contributed by atoms with Crippen LogP contribution in [0.15, 0.2) is 42.5 Å². The fourth-order valence-corrected chi connectivity index (χ4v) is 2.61. The van der Waals surface area contributed by atoms with Crippen molar-refractivity contribution in [2.24, 2.45) is 5.92 Å². The lowest BCUT2D eigenvalue weighted by Crippen LogP contribution is -2.19. The van der Waals surface area contributed by atoms with E-state index in [1.807, 2.05) is 12.1 Å². The minimum atomic E-state index is -0.426. The third-order valence-corrected chi connectivity index (χ3v) is 3.49. The van der Waals surface area contributed by atoms with E-state index in [1.54, 1.807) is 7.05 Å². The first-order chi connectivity index (χ1) is 10.0. The lowest BCUT2D eigenvalue weighted by Gasteiger charge is -2.19. The van der Waals surface area contributed by atoms with Gasteiger partial charge in [-0.05, 0) is 48.7 Å². The zero-order valence-electron chi connectivity index (χ0n) is 12.7. The predicted molar refractivity (Wildman–Crippen MR) is 82.2 cm³/mol. The lowest BCUT2D eigenvalue weighted by atomic mass is 9.94. The molecular formula is C18H21F2N. The maximum absolute atomic E-state index is 14.0. The van der Waals surface area contributed by atoms with Crippen LogP contribution in [0.4, 0.5) is 8.78 Å². The molecule has 2 aromatic rings. The molecule has 21 heavy (non-hydrogen) atoms. The maximum atomic E-state index is 14.0. The lowest BCUT2D eigenvalue weighted by molar-refractivity contribution is 0.557. The molecule has 3 heteroatoms. The Balaban J connectivity index is 2.39. The summed E-state index contributed by atoms with van der Waals surface area (Å²) in [7, 11) is 1.75. The van der Waals surface area contributed by atoms with E-state index < -0.39 is 11.6 Å². The Morgan fingerprint density at radius 1 is 1.05 bits per heavy atom. The van der Waals surface area contributed by atoms with Crippen LogP contribution in [0.25, 0.3) is 0 Å². The van der Waals surface area contributed by atoms with E-state index in [0.717, 1.165) is 18.1 Å². The van der Waals surface area contributed by atoms with Crippen LogP contribution in [0, 0.1) is 17.6 Å². The van der Waals surface area contributed by atoms with Crippen molar-refractivity contribution >= 4 is 0 Å². The van der Waals surface area contributed by atoms with Crippen LogP contribution >= 0.6 is 0 Å². The van der Waals surface area contributed by atoms with Gasteiger partial charge in [0.25, 0.3) is 0 Å². The molecule has 0 bridgehead atoms. The summed E-state index contributed by atoms with van der Waals surface area (Å²) in [6, 6.07) is 11.3. The van der Waals surface area contributed by atoms with Gasteiger partial charge in [-0.25, -0.2) is 8.78 Å². The Bertz CT molecular complexity index is 608. The molecule has 2 aromatic carbocycles. The molecule has 0 radical (unpaired) electrons. The highest BCUT2D eigenvalue weighted by Crippen LogP contribution is 2.26. The largest absolute Gasteiger partial charge is 0.309 e. The zero-order chi connectivity index (χ0) is 15.4. The van der Waals surface area contributed by atoms with E-state index in [-0.39, 0.29) is 6.04 Å². The quantitative estimate of drug-likeness (QED) is 0.856. The summed E-state index contributed by atoms with van der Waals surface area (Å²) in [6.45, 7) is 4.32. The highest BCUT2D eigenvalue weighted by molar-refractivity contribution is 5.35. The van der Waals surface area contributed by atoms with Crippen LogP contribution in [0.3, 0.4) is 0 Å². The van der Waals surface area contributed by atoms with Gasteiger partial charge >= 0.3 is 0 Å². The molecule has 0 aliphatic rings. The zero-order valence-corrected chi connectivity index (χ0v) is 12.7. The van der Waals surface area contributed by atoms with Crippen molar-refractivity contribution in [3.05, 3.63) is 70.8 Å². The molecule has 0 saturated heterocycles. The van der Waals surface area contributed by atoms with Gasteiger partial charge in [0, 0.05) is 5.56 Å². The van der Waals surface area contributed by atoms with Gasteiger partial charge in [-0.15, -0.1) is 0 Å². The normalized spacial score (nSPS) is 12.7. The first-order valence-electron chi connectivity index (χ1n) is 7.22. The summed E-state index contributed by atoms with van der Waals surface area (Å²) in [5.74, 6) is -0.269. The number of nitrogens with one attached hydrogen (secondary N) is 1. The van der Waals surface area contributed by atoms with Gasteiger partial charge in [0.1, 0.15) is 11.6 Å². The molecule has 1 unspecified atom stereocenters. The van der Waals surface area contributed by atoms with E-state index in [4.69, 9.17) is 0 Å². The van der Waals surface area contributed by atoms with E-state index in [9.17, 15) is 8.78 Å².